The van der Waals surface area contributed by atoms with E-state index < -0.39 is 10.9 Å². The molecule has 29 heavy (non-hydrogen) atoms. The average Bonchev–Trinajstić information content (AvgIpc) is 3.00. The second-order valence-corrected chi connectivity index (χ2v) is 5.98. The van der Waals surface area contributed by atoms with Gasteiger partial charge in [-0.05, 0) is 36.8 Å². The summed E-state index contributed by atoms with van der Waals surface area (Å²) in [6.07, 6.45) is 1.50. The summed E-state index contributed by atoms with van der Waals surface area (Å²) in [5.74, 6) is -0.467. The number of ether oxygens (including phenoxy) is 1. The van der Waals surface area contributed by atoms with Crippen LogP contribution in [0, 0.1) is 21.4 Å². The van der Waals surface area contributed by atoms with Crippen LogP contribution in [0.4, 0.5) is 17.1 Å². The van der Waals surface area contributed by atoms with E-state index in [1.807, 2.05) is 30.3 Å². The molecule has 1 aliphatic rings. The Kier molecular flexibility index (Phi) is 5.55. The molecule has 9 nitrogen and oxygen atoms in total. The Morgan fingerprint density at radius 1 is 1.24 bits per heavy atom. The third-order valence-corrected chi connectivity index (χ3v) is 4.23. The third kappa shape index (κ3) is 3.77. The molecule has 0 unspecified atom stereocenters. The van der Waals surface area contributed by atoms with Crippen LogP contribution in [-0.4, -0.2) is 30.8 Å². The normalized spacial score (nSPS) is 14.5. The Balaban J connectivity index is 2.06. The molecule has 2 aromatic carbocycles. The Morgan fingerprint density at radius 3 is 2.48 bits per heavy atom. The lowest BCUT2D eigenvalue weighted by Gasteiger charge is -2.19. The van der Waals surface area contributed by atoms with Gasteiger partial charge in [0, 0.05) is 19.2 Å². The first-order valence-electron chi connectivity index (χ1n) is 8.70. The van der Waals surface area contributed by atoms with Crippen molar-refractivity contribution in [2.75, 3.05) is 23.6 Å². The number of nitrogens with zero attached hydrogens (tertiary/aromatic N) is 5. The fourth-order valence-corrected chi connectivity index (χ4v) is 2.88. The summed E-state index contributed by atoms with van der Waals surface area (Å²) >= 11 is 0. The summed E-state index contributed by atoms with van der Waals surface area (Å²) in [7, 11) is 1.73. The highest BCUT2D eigenvalue weighted by atomic mass is 16.6. The molecule has 0 aliphatic carbocycles. The van der Waals surface area contributed by atoms with Crippen LogP contribution in [-0.2, 0) is 9.53 Å². The van der Waals surface area contributed by atoms with Gasteiger partial charge >= 0.3 is 5.97 Å². The summed E-state index contributed by atoms with van der Waals surface area (Å²) in [5.41, 5.74) is 1.87. The van der Waals surface area contributed by atoms with Crippen LogP contribution in [0.2, 0.25) is 0 Å². The number of hydrogen-bond donors (Lipinski definition) is 0. The van der Waals surface area contributed by atoms with E-state index in [1.165, 1.54) is 23.4 Å². The highest BCUT2D eigenvalue weighted by Gasteiger charge is 2.34. The van der Waals surface area contributed by atoms with Crippen LogP contribution >= 0.6 is 0 Å². The number of nitriles is 1. The number of benzene rings is 2. The average molecular weight is 391 g/mol. The number of anilines is 2. The van der Waals surface area contributed by atoms with E-state index in [0.29, 0.717) is 11.3 Å². The zero-order chi connectivity index (χ0) is 21.0. The first kappa shape index (κ1) is 19.6. The molecular formula is C20H17N5O4. The molecule has 0 fully saturated rings. The van der Waals surface area contributed by atoms with E-state index in [-0.39, 0.29) is 23.7 Å². The molecule has 2 aromatic rings. The van der Waals surface area contributed by atoms with Crippen LogP contribution in [0.25, 0.3) is 0 Å². The number of nitro groups is 1. The highest BCUT2D eigenvalue weighted by molar-refractivity contribution is 5.98. The van der Waals surface area contributed by atoms with Gasteiger partial charge in [-0.2, -0.15) is 10.4 Å². The second-order valence-electron chi connectivity index (χ2n) is 5.98. The molecule has 0 amide bonds. The topological polar surface area (TPSA) is 112 Å². The van der Waals surface area contributed by atoms with Crippen molar-refractivity contribution in [3.05, 3.63) is 75.6 Å². The van der Waals surface area contributed by atoms with Gasteiger partial charge in [0.05, 0.1) is 29.1 Å². The Morgan fingerprint density at radius 2 is 1.90 bits per heavy atom. The van der Waals surface area contributed by atoms with E-state index >= 15 is 0 Å². The van der Waals surface area contributed by atoms with Crippen molar-refractivity contribution in [1.29, 1.82) is 5.26 Å². The van der Waals surface area contributed by atoms with Crippen LogP contribution in [0.1, 0.15) is 12.5 Å². The number of non-ortho nitro benzene ring substituents is 1. The molecule has 0 N–H and O–H groups in total. The maximum absolute atomic E-state index is 12.3. The Labute approximate surface area is 166 Å². The van der Waals surface area contributed by atoms with Gasteiger partial charge in [-0.15, -0.1) is 0 Å². The van der Waals surface area contributed by atoms with Crippen molar-refractivity contribution in [3.8, 4) is 6.07 Å². The van der Waals surface area contributed by atoms with Crippen molar-refractivity contribution in [2.24, 2.45) is 5.10 Å². The first-order valence-corrected chi connectivity index (χ1v) is 8.70. The quantitative estimate of drug-likeness (QED) is 0.192. The van der Waals surface area contributed by atoms with Crippen molar-refractivity contribution < 1.29 is 14.5 Å². The summed E-state index contributed by atoms with van der Waals surface area (Å²) in [6, 6.07) is 15.1. The molecule has 0 radical (unpaired) electrons. The number of para-hydroxylation sites is 2. The Bertz CT molecular complexity index is 1050. The van der Waals surface area contributed by atoms with Crippen LogP contribution < -0.4 is 9.91 Å². The van der Waals surface area contributed by atoms with Gasteiger partial charge in [0.2, 0.25) is 0 Å². The second kappa shape index (κ2) is 8.22. The number of hydrazone groups is 1. The molecule has 0 saturated carbocycles. The summed E-state index contributed by atoms with van der Waals surface area (Å²) in [4.78, 5) is 24.3. The molecule has 3 rings (SSSR count). The summed E-state index contributed by atoms with van der Waals surface area (Å²) in [5, 5.41) is 26.3. The van der Waals surface area contributed by atoms with Crippen LogP contribution in [0.3, 0.4) is 0 Å². The van der Waals surface area contributed by atoms with Gasteiger partial charge in [0.1, 0.15) is 6.07 Å². The van der Waals surface area contributed by atoms with E-state index in [4.69, 9.17) is 4.74 Å². The molecule has 0 atom stereocenters. The fraction of sp³-hybridized carbons (Fsp3) is 0.150. The Hall–Kier alpha value is -4.19. The van der Waals surface area contributed by atoms with Crippen molar-refractivity contribution >= 4 is 29.2 Å². The fourth-order valence-electron chi connectivity index (χ4n) is 2.88. The van der Waals surface area contributed by atoms with E-state index in [9.17, 15) is 20.2 Å². The maximum atomic E-state index is 12.3. The first-order chi connectivity index (χ1) is 14.0. The predicted molar refractivity (Wildman–Crippen MR) is 107 cm³/mol. The lowest BCUT2D eigenvalue weighted by atomic mass is 10.2. The van der Waals surface area contributed by atoms with Crippen LogP contribution in [0.15, 0.2) is 65.0 Å². The number of rotatable bonds is 5. The van der Waals surface area contributed by atoms with Crippen molar-refractivity contribution in [1.82, 2.24) is 0 Å². The maximum Gasteiger partial charge on any atom is 0.352 e. The molecule has 1 aliphatic heterocycles. The minimum Gasteiger partial charge on any atom is -0.462 e. The van der Waals surface area contributed by atoms with Gasteiger partial charge in [-0.25, -0.2) is 9.80 Å². The molecule has 146 valence electrons. The highest BCUT2D eigenvalue weighted by Crippen LogP contribution is 2.41. The molecule has 0 aromatic heterocycles. The van der Waals surface area contributed by atoms with E-state index in [0.717, 1.165) is 5.69 Å². The van der Waals surface area contributed by atoms with E-state index in [1.54, 1.807) is 31.0 Å². The molecule has 1 heterocycles. The predicted octanol–water partition coefficient (Wildman–Crippen LogP) is 3.18. The molecule has 0 bridgehead atoms. The molecule has 0 saturated heterocycles. The van der Waals surface area contributed by atoms with Gasteiger partial charge in [0.15, 0.2) is 11.4 Å². The standard InChI is InChI=1S/C20H17N5O4/c1-3-29-20(26)16(12-21)19-23(2)17-6-4-5-7-18(17)24(19)22-13-14-8-10-15(11-9-14)25(27)28/h4-11,13H,3H2,1-2H3. The number of fused-ring (bicyclic) bond motifs is 1. The van der Waals surface area contributed by atoms with Gasteiger partial charge in [0.25, 0.3) is 5.69 Å². The van der Waals surface area contributed by atoms with Gasteiger partial charge in [-0.1, -0.05) is 12.1 Å². The third-order valence-electron chi connectivity index (χ3n) is 4.23. The summed E-state index contributed by atoms with van der Waals surface area (Å²) < 4.78 is 5.01. The molecule has 9 heteroatoms. The minimum atomic E-state index is -0.736. The summed E-state index contributed by atoms with van der Waals surface area (Å²) in [6.45, 7) is 1.80. The van der Waals surface area contributed by atoms with E-state index in [2.05, 4.69) is 5.10 Å². The lowest BCUT2D eigenvalue weighted by molar-refractivity contribution is -0.384. The molecule has 0 spiro atoms. The SMILES string of the molecule is CCOC(=O)C(C#N)=C1N(C)c2ccccc2N1N=Cc1ccc([N+](=O)[O-])cc1. The van der Waals surface area contributed by atoms with Crippen LogP contribution in [0.5, 0.6) is 0 Å². The van der Waals surface area contributed by atoms with Gasteiger partial charge < -0.3 is 9.64 Å². The number of hydrogen-bond acceptors (Lipinski definition) is 8. The zero-order valence-corrected chi connectivity index (χ0v) is 15.8. The van der Waals surface area contributed by atoms with Crippen molar-refractivity contribution in [2.45, 2.75) is 6.92 Å². The number of nitro benzene ring substituents is 1. The number of esters is 1. The zero-order valence-electron chi connectivity index (χ0n) is 15.8. The molecular weight excluding hydrogens is 374 g/mol. The number of carbonyl (C=O) groups excluding carboxylic acids is 1. The van der Waals surface area contributed by atoms with Crippen molar-refractivity contribution in [3.63, 3.8) is 0 Å². The lowest BCUT2D eigenvalue weighted by Crippen LogP contribution is -2.26. The minimum absolute atomic E-state index is 0.0249. The monoisotopic (exact) mass is 391 g/mol. The van der Waals surface area contributed by atoms with Gasteiger partial charge in [-0.3, -0.25) is 10.1 Å². The smallest absolute Gasteiger partial charge is 0.352 e. The number of carbonyl (C=O) groups is 1. The largest absolute Gasteiger partial charge is 0.462 e.